The van der Waals surface area contributed by atoms with Gasteiger partial charge in [0.15, 0.2) is 16.8 Å². The van der Waals surface area contributed by atoms with E-state index in [0.717, 1.165) is 11.5 Å². The molecule has 140 valence electrons. The molecule has 27 heavy (non-hydrogen) atoms. The Kier molecular flexibility index (Phi) is 6.03. The molecule has 3 aromatic rings. The van der Waals surface area contributed by atoms with Gasteiger partial charge in [0.05, 0.1) is 11.8 Å². The predicted octanol–water partition coefficient (Wildman–Crippen LogP) is 4.00. The van der Waals surface area contributed by atoms with E-state index < -0.39 is 0 Å². The van der Waals surface area contributed by atoms with Crippen LogP contribution in [0.5, 0.6) is 0 Å². The van der Waals surface area contributed by atoms with Crippen molar-refractivity contribution in [1.82, 2.24) is 19.7 Å². The molecule has 0 bridgehead atoms. The van der Waals surface area contributed by atoms with Gasteiger partial charge in [0.2, 0.25) is 0 Å². The first-order valence-electron chi connectivity index (χ1n) is 8.56. The van der Waals surface area contributed by atoms with Gasteiger partial charge in [-0.2, -0.15) is 0 Å². The fraction of sp³-hybridized carbons (Fsp3) is 0.250. The molecule has 1 atom stereocenters. The molecule has 0 aliphatic rings. The summed E-state index contributed by atoms with van der Waals surface area (Å²) in [5, 5.41) is 9.23. The molecule has 0 saturated carbocycles. The summed E-state index contributed by atoms with van der Waals surface area (Å²) < 4.78 is 15.2. The molecule has 0 amide bonds. The van der Waals surface area contributed by atoms with Crippen molar-refractivity contribution in [2.45, 2.75) is 18.1 Å². The van der Waals surface area contributed by atoms with Crippen molar-refractivity contribution in [1.29, 1.82) is 0 Å². The third-order valence-corrected chi connectivity index (χ3v) is 5.25. The Bertz CT molecular complexity index is 909. The van der Waals surface area contributed by atoms with E-state index in [-0.39, 0.29) is 23.4 Å². The Labute approximate surface area is 162 Å². The van der Waals surface area contributed by atoms with Crippen LogP contribution in [0.3, 0.4) is 0 Å². The van der Waals surface area contributed by atoms with Crippen molar-refractivity contribution in [2.75, 3.05) is 19.8 Å². The molecule has 0 aliphatic heterocycles. The second kappa shape index (κ2) is 8.45. The Morgan fingerprint density at radius 1 is 1.11 bits per heavy atom. The molecular weight excluding hydrogens is 363 g/mol. The van der Waals surface area contributed by atoms with Crippen LogP contribution in [-0.4, -0.2) is 45.3 Å². The molecule has 1 heterocycles. The van der Waals surface area contributed by atoms with Gasteiger partial charge in [-0.3, -0.25) is 14.3 Å². The summed E-state index contributed by atoms with van der Waals surface area (Å²) in [6.45, 7) is 2.02. The van der Waals surface area contributed by atoms with Gasteiger partial charge in [0.25, 0.3) is 0 Å². The molecule has 7 heteroatoms. The number of aromatic nitrogens is 3. The average molecular weight is 384 g/mol. The lowest BCUT2D eigenvalue weighted by Crippen LogP contribution is -2.20. The number of carbonyl (C=O) groups is 1. The molecule has 0 fully saturated rings. The lowest BCUT2D eigenvalue weighted by Gasteiger charge is -2.20. The standard InChI is InChI=1S/C20H21FN4OS/c1-14(24(2)3)19-22-23-20(25(19)17-11-9-16(21)10-12-17)27-13-18(26)15-7-5-4-6-8-15/h4-12,14H,13H2,1-3H3/t14-/m1/s1. The van der Waals surface area contributed by atoms with Crippen molar-refractivity contribution in [2.24, 2.45) is 0 Å². The number of Topliss-reactive ketones (excluding diaryl/α,β-unsaturated/α-hetero) is 1. The summed E-state index contributed by atoms with van der Waals surface area (Å²) in [5.74, 6) is 0.708. The van der Waals surface area contributed by atoms with Crippen LogP contribution in [0.4, 0.5) is 4.39 Å². The van der Waals surface area contributed by atoms with E-state index in [1.54, 1.807) is 24.3 Å². The van der Waals surface area contributed by atoms with E-state index in [1.807, 2.05) is 48.7 Å². The lowest BCUT2D eigenvalue weighted by molar-refractivity contribution is 0.102. The minimum atomic E-state index is -0.303. The normalized spacial score (nSPS) is 12.3. The van der Waals surface area contributed by atoms with Crippen LogP contribution in [0.15, 0.2) is 59.8 Å². The molecule has 5 nitrogen and oxygen atoms in total. The number of halogens is 1. The first kappa shape index (κ1) is 19.3. The SMILES string of the molecule is C[C@H](c1nnc(SCC(=O)c2ccccc2)n1-c1ccc(F)cc1)N(C)C. The smallest absolute Gasteiger partial charge is 0.196 e. The van der Waals surface area contributed by atoms with Crippen molar-refractivity contribution < 1.29 is 9.18 Å². The van der Waals surface area contributed by atoms with Gasteiger partial charge in [0.1, 0.15) is 5.82 Å². The number of hydrogen-bond donors (Lipinski definition) is 0. The molecule has 1 aromatic heterocycles. The van der Waals surface area contributed by atoms with Crippen LogP contribution in [0, 0.1) is 5.82 Å². The van der Waals surface area contributed by atoms with Crippen LogP contribution in [0.25, 0.3) is 5.69 Å². The van der Waals surface area contributed by atoms with Crippen LogP contribution in [0.1, 0.15) is 29.1 Å². The van der Waals surface area contributed by atoms with E-state index in [0.29, 0.717) is 10.7 Å². The average Bonchev–Trinajstić information content (AvgIpc) is 3.10. The first-order chi connectivity index (χ1) is 13.0. The van der Waals surface area contributed by atoms with Gasteiger partial charge in [-0.25, -0.2) is 4.39 Å². The number of rotatable bonds is 7. The van der Waals surface area contributed by atoms with Crippen molar-refractivity contribution >= 4 is 17.5 Å². The van der Waals surface area contributed by atoms with Crippen molar-refractivity contribution in [3.8, 4) is 5.69 Å². The highest BCUT2D eigenvalue weighted by molar-refractivity contribution is 7.99. The second-order valence-corrected chi connectivity index (χ2v) is 7.31. The summed E-state index contributed by atoms with van der Waals surface area (Å²) in [5.41, 5.74) is 1.43. The topological polar surface area (TPSA) is 51.0 Å². The summed E-state index contributed by atoms with van der Waals surface area (Å²) >= 11 is 1.33. The van der Waals surface area contributed by atoms with E-state index in [1.165, 1.54) is 23.9 Å². The van der Waals surface area contributed by atoms with Crippen molar-refractivity contribution in [3.05, 3.63) is 71.8 Å². The molecular formula is C20H21FN4OS. The van der Waals surface area contributed by atoms with E-state index in [9.17, 15) is 9.18 Å². The van der Waals surface area contributed by atoms with Crippen molar-refractivity contribution in [3.63, 3.8) is 0 Å². The first-order valence-corrected chi connectivity index (χ1v) is 9.54. The van der Waals surface area contributed by atoms with E-state index in [4.69, 9.17) is 0 Å². The van der Waals surface area contributed by atoms with Crippen LogP contribution in [-0.2, 0) is 0 Å². The summed E-state index contributed by atoms with van der Waals surface area (Å²) in [7, 11) is 3.92. The van der Waals surface area contributed by atoms with Gasteiger partial charge < -0.3 is 0 Å². The Hall–Kier alpha value is -2.51. The summed E-state index contributed by atoms with van der Waals surface area (Å²) in [6, 6.07) is 15.4. The number of carbonyl (C=O) groups excluding carboxylic acids is 1. The van der Waals surface area contributed by atoms with E-state index >= 15 is 0 Å². The number of nitrogens with zero attached hydrogens (tertiary/aromatic N) is 4. The minimum absolute atomic E-state index is 0.00160. The van der Waals surface area contributed by atoms with Gasteiger partial charge in [-0.15, -0.1) is 10.2 Å². The van der Waals surface area contributed by atoms with Crippen LogP contribution >= 0.6 is 11.8 Å². The monoisotopic (exact) mass is 384 g/mol. The zero-order valence-corrected chi connectivity index (χ0v) is 16.3. The molecule has 3 rings (SSSR count). The third kappa shape index (κ3) is 4.43. The van der Waals surface area contributed by atoms with Gasteiger partial charge in [-0.1, -0.05) is 42.1 Å². The lowest BCUT2D eigenvalue weighted by atomic mass is 10.2. The fourth-order valence-electron chi connectivity index (χ4n) is 2.55. The summed E-state index contributed by atoms with van der Waals surface area (Å²) in [6.07, 6.45) is 0. The van der Waals surface area contributed by atoms with Gasteiger partial charge >= 0.3 is 0 Å². The van der Waals surface area contributed by atoms with Gasteiger partial charge in [0, 0.05) is 11.3 Å². The second-order valence-electron chi connectivity index (χ2n) is 6.37. The summed E-state index contributed by atoms with van der Waals surface area (Å²) in [4.78, 5) is 14.4. The highest BCUT2D eigenvalue weighted by atomic mass is 32.2. The maximum atomic E-state index is 13.4. The fourth-order valence-corrected chi connectivity index (χ4v) is 3.40. The molecule has 0 radical (unpaired) electrons. The molecule has 0 aliphatic carbocycles. The third-order valence-electron chi connectivity index (χ3n) is 4.32. The molecule has 0 spiro atoms. The Balaban J connectivity index is 1.90. The number of benzene rings is 2. The van der Waals surface area contributed by atoms with Crippen LogP contribution < -0.4 is 0 Å². The highest BCUT2D eigenvalue weighted by Crippen LogP contribution is 2.27. The highest BCUT2D eigenvalue weighted by Gasteiger charge is 2.21. The Morgan fingerprint density at radius 3 is 2.41 bits per heavy atom. The molecule has 0 N–H and O–H groups in total. The molecule has 2 aromatic carbocycles. The van der Waals surface area contributed by atoms with Crippen LogP contribution in [0.2, 0.25) is 0 Å². The molecule has 0 unspecified atom stereocenters. The van der Waals surface area contributed by atoms with E-state index in [2.05, 4.69) is 10.2 Å². The predicted molar refractivity (Wildman–Crippen MR) is 105 cm³/mol. The minimum Gasteiger partial charge on any atom is -0.300 e. The molecule has 0 saturated heterocycles. The quantitative estimate of drug-likeness (QED) is 0.455. The number of ketones is 1. The number of thioether (sulfide) groups is 1. The maximum absolute atomic E-state index is 13.4. The Morgan fingerprint density at radius 2 is 1.78 bits per heavy atom. The largest absolute Gasteiger partial charge is 0.300 e. The van der Waals surface area contributed by atoms with Gasteiger partial charge in [-0.05, 0) is 45.3 Å². The zero-order chi connectivity index (χ0) is 19.4. The zero-order valence-electron chi connectivity index (χ0n) is 15.5. The number of hydrogen-bond acceptors (Lipinski definition) is 5. The maximum Gasteiger partial charge on any atom is 0.196 e.